The van der Waals surface area contributed by atoms with Gasteiger partial charge in [0.2, 0.25) is 0 Å². The summed E-state index contributed by atoms with van der Waals surface area (Å²) < 4.78 is 25.7. The Bertz CT molecular complexity index is 682. The Hall–Kier alpha value is -2.13. The highest BCUT2D eigenvalue weighted by Gasteiger charge is 2.30. The van der Waals surface area contributed by atoms with Gasteiger partial charge in [-0.3, -0.25) is 0 Å². The quantitative estimate of drug-likeness (QED) is 0.826. The number of rotatable bonds is 2. The Labute approximate surface area is 112 Å². The van der Waals surface area contributed by atoms with Crippen molar-refractivity contribution in [2.75, 3.05) is 0 Å². The molecule has 1 aliphatic heterocycles. The van der Waals surface area contributed by atoms with Crippen molar-refractivity contribution in [2.24, 2.45) is 5.10 Å². The Morgan fingerprint density at radius 3 is 2.47 bits per heavy atom. The molecular formula is C13H13N3O2S. The van der Waals surface area contributed by atoms with Crippen molar-refractivity contribution < 1.29 is 8.42 Å². The molecule has 1 atom stereocenters. The zero-order valence-corrected chi connectivity index (χ0v) is 11.4. The number of hydrogen-bond donors (Lipinski definition) is 0. The zero-order valence-electron chi connectivity index (χ0n) is 10.6. The maximum absolute atomic E-state index is 12.4. The minimum absolute atomic E-state index is 0.130. The number of benzene rings is 1. The standard InChI is InChI=1S/C13H13N3O2S/c1-10-3-7-13(8-4-10)19(17,18)16-12(9-14)6-5-11(2)15-16/h3-8,12H,1-2H3. The van der Waals surface area contributed by atoms with Crippen LogP contribution in [-0.2, 0) is 10.0 Å². The number of aryl methyl sites for hydroxylation is 1. The first-order chi connectivity index (χ1) is 8.95. The molecule has 0 N–H and O–H groups in total. The highest BCUT2D eigenvalue weighted by Crippen LogP contribution is 2.21. The van der Waals surface area contributed by atoms with Crippen LogP contribution in [0.25, 0.3) is 0 Å². The lowest BCUT2D eigenvalue weighted by Gasteiger charge is -2.24. The van der Waals surface area contributed by atoms with Gasteiger partial charge < -0.3 is 0 Å². The fourth-order valence-electron chi connectivity index (χ4n) is 1.67. The van der Waals surface area contributed by atoms with Gasteiger partial charge >= 0.3 is 0 Å². The second-order valence-electron chi connectivity index (χ2n) is 4.27. The fourth-order valence-corrected chi connectivity index (χ4v) is 3.02. The summed E-state index contributed by atoms with van der Waals surface area (Å²) in [6.07, 6.45) is 3.16. The number of hydrazone groups is 1. The second-order valence-corrected chi connectivity index (χ2v) is 6.06. The summed E-state index contributed by atoms with van der Waals surface area (Å²) in [4.78, 5) is 0.130. The van der Waals surface area contributed by atoms with Gasteiger partial charge in [-0.2, -0.15) is 23.2 Å². The van der Waals surface area contributed by atoms with Crippen molar-refractivity contribution in [3.05, 3.63) is 42.0 Å². The second kappa shape index (κ2) is 4.86. The van der Waals surface area contributed by atoms with E-state index in [1.54, 1.807) is 25.1 Å². The summed E-state index contributed by atoms with van der Waals surface area (Å²) in [6.45, 7) is 3.56. The number of sulfonamides is 1. The van der Waals surface area contributed by atoms with Gasteiger partial charge in [0.05, 0.1) is 16.7 Å². The molecule has 5 nitrogen and oxygen atoms in total. The van der Waals surface area contributed by atoms with Crippen LogP contribution in [0.1, 0.15) is 12.5 Å². The summed E-state index contributed by atoms with van der Waals surface area (Å²) in [5.74, 6) is 0. The first-order valence-corrected chi connectivity index (χ1v) is 7.13. The molecular weight excluding hydrogens is 262 g/mol. The average Bonchev–Trinajstić information content (AvgIpc) is 2.39. The molecule has 1 heterocycles. The molecule has 1 unspecified atom stereocenters. The van der Waals surface area contributed by atoms with E-state index in [0.717, 1.165) is 9.98 Å². The fraction of sp³-hybridized carbons (Fsp3) is 0.231. The van der Waals surface area contributed by atoms with Crippen molar-refractivity contribution in [1.29, 1.82) is 5.26 Å². The van der Waals surface area contributed by atoms with Crippen LogP contribution in [0.4, 0.5) is 0 Å². The molecule has 0 bridgehead atoms. The zero-order chi connectivity index (χ0) is 14.0. The third-order valence-corrected chi connectivity index (χ3v) is 4.38. The molecule has 1 aromatic carbocycles. The van der Waals surface area contributed by atoms with E-state index in [0.29, 0.717) is 5.71 Å². The summed E-state index contributed by atoms with van der Waals surface area (Å²) in [5, 5.41) is 13.0. The van der Waals surface area contributed by atoms with Gasteiger partial charge in [0.25, 0.3) is 10.0 Å². The summed E-state index contributed by atoms with van der Waals surface area (Å²) in [7, 11) is -3.80. The predicted molar refractivity (Wildman–Crippen MR) is 71.9 cm³/mol. The van der Waals surface area contributed by atoms with Crippen LogP contribution < -0.4 is 0 Å². The van der Waals surface area contributed by atoms with Gasteiger partial charge in [0.1, 0.15) is 0 Å². The van der Waals surface area contributed by atoms with E-state index in [4.69, 9.17) is 5.26 Å². The van der Waals surface area contributed by atoms with Gasteiger partial charge in [-0.1, -0.05) is 17.7 Å². The number of allylic oxidation sites excluding steroid dienone is 1. The van der Waals surface area contributed by atoms with Crippen LogP contribution in [0.3, 0.4) is 0 Å². The molecule has 1 aliphatic rings. The third-order valence-electron chi connectivity index (χ3n) is 2.71. The van der Waals surface area contributed by atoms with Crippen LogP contribution >= 0.6 is 0 Å². The first-order valence-electron chi connectivity index (χ1n) is 5.69. The number of nitrogens with zero attached hydrogens (tertiary/aromatic N) is 3. The predicted octanol–water partition coefficient (Wildman–Crippen LogP) is 1.82. The Balaban J connectivity index is 2.47. The molecule has 0 fully saturated rings. The highest BCUT2D eigenvalue weighted by atomic mass is 32.2. The minimum Gasteiger partial charge on any atom is -0.200 e. The molecule has 98 valence electrons. The van der Waals surface area contributed by atoms with Crippen LogP contribution in [0.15, 0.2) is 46.4 Å². The van der Waals surface area contributed by atoms with Gasteiger partial charge in [0.15, 0.2) is 6.04 Å². The monoisotopic (exact) mass is 275 g/mol. The van der Waals surface area contributed by atoms with Crippen LogP contribution in [0.2, 0.25) is 0 Å². The Kier molecular flexibility index (Phi) is 3.40. The Morgan fingerprint density at radius 2 is 1.89 bits per heavy atom. The Morgan fingerprint density at radius 1 is 1.26 bits per heavy atom. The van der Waals surface area contributed by atoms with E-state index in [1.165, 1.54) is 18.2 Å². The van der Waals surface area contributed by atoms with Gasteiger partial charge in [-0.05, 0) is 38.1 Å². The SMILES string of the molecule is CC1=NN(S(=O)(=O)c2ccc(C)cc2)C(C#N)C=C1. The van der Waals surface area contributed by atoms with Crippen molar-refractivity contribution in [3.63, 3.8) is 0 Å². The summed E-state index contributed by atoms with van der Waals surface area (Å²) in [6, 6.07) is 7.47. The molecule has 0 saturated carbocycles. The summed E-state index contributed by atoms with van der Waals surface area (Å²) in [5.41, 5.74) is 1.51. The normalized spacial score (nSPS) is 18.9. The molecule has 1 aromatic rings. The number of hydrogen-bond acceptors (Lipinski definition) is 4. The van der Waals surface area contributed by atoms with Gasteiger partial charge in [0, 0.05) is 0 Å². The minimum atomic E-state index is -3.80. The molecule has 6 heteroatoms. The van der Waals surface area contributed by atoms with Crippen molar-refractivity contribution in [2.45, 2.75) is 24.8 Å². The van der Waals surface area contributed by atoms with Crippen molar-refractivity contribution >= 4 is 15.7 Å². The van der Waals surface area contributed by atoms with E-state index >= 15 is 0 Å². The van der Waals surface area contributed by atoms with Crippen molar-refractivity contribution in [1.82, 2.24) is 4.41 Å². The molecule has 0 spiro atoms. The molecule has 0 aromatic heterocycles. The van der Waals surface area contributed by atoms with Crippen LogP contribution in [0.5, 0.6) is 0 Å². The number of nitriles is 1. The maximum atomic E-state index is 12.4. The molecule has 0 radical (unpaired) electrons. The van der Waals surface area contributed by atoms with Crippen LogP contribution in [0, 0.1) is 18.3 Å². The lowest BCUT2D eigenvalue weighted by molar-refractivity contribution is 0.418. The first kappa shape index (κ1) is 13.3. The third kappa shape index (κ3) is 2.51. The highest BCUT2D eigenvalue weighted by molar-refractivity contribution is 7.89. The molecule has 0 aliphatic carbocycles. The van der Waals surface area contributed by atoms with Crippen molar-refractivity contribution in [3.8, 4) is 6.07 Å². The molecule has 2 rings (SSSR count). The van der Waals surface area contributed by atoms with Crippen LogP contribution in [-0.4, -0.2) is 24.6 Å². The smallest absolute Gasteiger partial charge is 0.200 e. The van der Waals surface area contributed by atoms with E-state index in [-0.39, 0.29) is 4.90 Å². The molecule has 0 amide bonds. The molecule has 19 heavy (non-hydrogen) atoms. The lowest BCUT2D eigenvalue weighted by Crippen LogP contribution is -2.36. The maximum Gasteiger partial charge on any atom is 0.280 e. The van der Waals surface area contributed by atoms with E-state index in [1.807, 2.05) is 13.0 Å². The van der Waals surface area contributed by atoms with E-state index in [2.05, 4.69) is 5.10 Å². The van der Waals surface area contributed by atoms with Gasteiger partial charge in [-0.25, -0.2) is 0 Å². The molecule has 0 saturated heterocycles. The van der Waals surface area contributed by atoms with E-state index in [9.17, 15) is 8.42 Å². The van der Waals surface area contributed by atoms with Gasteiger partial charge in [-0.15, -0.1) is 0 Å². The summed E-state index contributed by atoms with van der Waals surface area (Å²) >= 11 is 0. The van der Waals surface area contributed by atoms with E-state index < -0.39 is 16.1 Å². The average molecular weight is 275 g/mol. The largest absolute Gasteiger partial charge is 0.280 e. The lowest BCUT2D eigenvalue weighted by atomic mass is 10.2. The topological polar surface area (TPSA) is 73.5 Å².